The SMILES string of the molecule is C=S1(=O)NC(=O)c2ccc3c(c2)N(C[C@@H]2CC[C@H]2[C@@H](OC[C@H](C)O)/C=C/C[C@H](C)[C@H]1C)C[C@@]1(CCCc2cc(Cl)ccc21)CO3. The van der Waals surface area contributed by atoms with E-state index >= 15 is 0 Å². The maximum Gasteiger partial charge on any atom is 0.262 e. The second kappa shape index (κ2) is 12.9. The Morgan fingerprint density at radius 3 is 2.82 bits per heavy atom. The number of benzene rings is 2. The van der Waals surface area contributed by atoms with Crippen LogP contribution in [0.4, 0.5) is 5.69 Å². The molecule has 1 spiro atoms. The highest BCUT2D eigenvalue weighted by Gasteiger charge is 2.44. The Kier molecular flexibility index (Phi) is 9.32. The van der Waals surface area contributed by atoms with E-state index in [0.29, 0.717) is 30.4 Å². The number of halogens is 1. The summed E-state index contributed by atoms with van der Waals surface area (Å²) in [7, 11) is -2.93. The first-order valence-electron chi connectivity index (χ1n) is 16.4. The average molecular weight is 655 g/mol. The van der Waals surface area contributed by atoms with Gasteiger partial charge in [0.15, 0.2) is 0 Å². The average Bonchev–Trinajstić information content (AvgIpc) is 3.13. The number of carbonyl (C=O) groups excluding carboxylic acids is 1. The van der Waals surface area contributed by atoms with Crippen LogP contribution in [-0.4, -0.2) is 64.9 Å². The molecule has 0 saturated heterocycles. The molecule has 2 N–H and O–H groups in total. The van der Waals surface area contributed by atoms with Crippen LogP contribution in [0.1, 0.15) is 74.4 Å². The zero-order chi connectivity index (χ0) is 31.9. The second-order valence-electron chi connectivity index (χ2n) is 13.9. The van der Waals surface area contributed by atoms with Crippen LogP contribution in [0.2, 0.25) is 5.02 Å². The van der Waals surface area contributed by atoms with Crippen molar-refractivity contribution < 1.29 is 23.6 Å². The number of hydrogen-bond donors (Lipinski definition) is 2. The van der Waals surface area contributed by atoms with Gasteiger partial charge in [-0.15, -0.1) is 0 Å². The van der Waals surface area contributed by atoms with Crippen molar-refractivity contribution in [1.82, 2.24) is 4.72 Å². The Labute approximate surface area is 273 Å². The summed E-state index contributed by atoms with van der Waals surface area (Å²) < 4.78 is 29.5. The standard InChI is InChI=1S/C36H47ClN2O5S/c1-23-7-5-9-33(43-20-24(2)40)30-13-10-28(30)19-39-21-36(16-6-8-26-17-29(37)12-14-31(26)36)22-44-34-15-11-27(18-32(34)39)35(41)38-45(4,42)25(23)3/h5,9,11-12,14-15,17-18,23-25,28,30,33,40H,4,6-8,10,13,16,19-22H2,1-3H3,(H,38,41,42)/b9-5+/t23-,24-,25+,28-,30+,33-,36-,45?/m0/s1. The van der Waals surface area contributed by atoms with Gasteiger partial charge in [0, 0.05) is 34.3 Å². The largest absolute Gasteiger partial charge is 0.490 e. The van der Waals surface area contributed by atoms with Crippen molar-refractivity contribution in [2.45, 2.75) is 82.2 Å². The van der Waals surface area contributed by atoms with Crippen LogP contribution in [-0.2, 0) is 26.3 Å². The fourth-order valence-electron chi connectivity index (χ4n) is 7.67. The molecule has 0 radical (unpaired) electrons. The van der Waals surface area contributed by atoms with Crippen LogP contribution in [0.3, 0.4) is 0 Å². The molecule has 6 rings (SSSR count). The van der Waals surface area contributed by atoms with E-state index in [2.05, 4.69) is 39.8 Å². The van der Waals surface area contributed by atoms with Crippen LogP contribution < -0.4 is 14.4 Å². The predicted molar refractivity (Wildman–Crippen MR) is 183 cm³/mol. The van der Waals surface area contributed by atoms with Gasteiger partial charge >= 0.3 is 0 Å². The van der Waals surface area contributed by atoms with Crippen LogP contribution >= 0.6 is 11.6 Å². The lowest BCUT2D eigenvalue weighted by atomic mass is 9.68. The number of anilines is 1. The lowest BCUT2D eigenvalue weighted by molar-refractivity contribution is -0.0437. The van der Waals surface area contributed by atoms with Crippen molar-refractivity contribution >= 4 is 38.8 Å². The summed E-state index contributed by atoms with van der Waals surface area (Å²) in [6.07, 6.45) is 9.43. The highest BCUT2D eigenvalue weighted by atomic mass is 35.5. The summed E-state index contributed by atoms with van der Waals surface area (Å²) in [5.74, 6) is 5.03. The Hall–Kier alpha value is -2.52. The highest BCUT2D eigenvalue weighted by molar-refractivity contribution is 7.99. The molecule has 2 aliphatic carbocycles. The van der Waals surface area contributed by atoms with Crippen molar-refractivity contribution in [2.75, 3.05) is 31.2 Å². The van der Waals surface area contributed by atoms with Crippen molar-refractivity contribution in [2.24, 2.45) is 17.8 Å². The fraction of sp³-hybridized carbons (Fsp3) is 0.556. The van der Waals surface area contributed by atoms with Gasteiger partial charge in [-0.2, -0.15) is 0 Å². The van der Waals surface area contributed by atoms with E-state index in [1.165, 1.54) is 11.1 Å². The van der Waals surface area contributed by atoms with E-state index in [9.17, 15) is 14.1 Å². The molecule has 244 valence electrons. The molecule has 0 aromatic heterocycles. The smallest absolute Gasteiger partial charge is 0.262 e. The van der Waals surface area contributed by atoms with E-state index < -0.39 is 15.8 Å². The third kappa shape index (κ3) is 6.67. The van der Waals surface area contributed by atoms with E-state index in [0.717, 1.165) is 61.7 Å². The van der Waals surface area contributed by atoms with Gasteiger partial charge < -0.3 is 19.5 Å². The number of fused-ring (bicyclic) bond motifs is 4. The molecular formula is C36H47ClN2O5S. The maximum atomic E-state index is 13.7. The lowest BCUT2D eigenvalue weighted by Gasteiger charge is -2.46. The molecule has 9 heteroatoms. The number of aryl methyl sites for hydroxylation is 1. The van der Waals surface area contributed by atoms with E-state index in [4.69, 9.17) is 21.1 Å². The van der Waals surface area contributed by atoms with E-state index in [1.807, 2.05) is 32.0 Å². The molecule has 1 saturated carbocycles. The molecule has 4 aliphatic rings. The second-order valence-corrected chi connectivity index (χ2v) is 16.8. The number of nitrogens with zero attached hydrogens (tertiary/aromatic N) is 1. The minimum Gasteiger partial charge on any atom is -0.490 e. The number of nitrogens with one attached hydrogen (secondary N) is 1. The molecule has 8 atom stereocenters. The predicted octanol–water partition coefficient (Wildman–Crippen LogP) is 5.95. The van der Waals surface area contributed by atoms with Crippen LogP contribution in [0.5, 0.6) is 5.75 Å². The summed E-state index contributed by atoms with van der Waals surface area (Å²) in [5.41, 5.74) is 3.68. The molecule has 1 unspecified atom stereocenters. The highest BCUT2D eigenvalue weighted by Crippen LogP contribution is 2.47. The zero-order valence-electron chi connectivity index (χ0n) is 26.7. The first-order valence-corrected chi connectivity index (χ1v) is 18.6. The van der Waals surface area contributed by atoms with Crippen molar-refractivity contribution in [1.29, 1.82) is 0 Å². The van der Waals surface area contributed by atoms with E-state index in [1.54, 1.807) is 13.0 Å². The minimum absolute atomic E-state index is 0.0226. The van der Waals surface area contributed by atoms with Gasteiger partial charge in [0.2, 0.25) is 0 Å². The normalized spacial score (nSPS) is 34.7. The number of hydrogen-bond acceptors (Lipinski definition) is 6. The number of carbonyl (C=O) groups is 1. The number of allylic oxidation sites excluding steroid dienone is 1. The number of amides is 1. The summed E-state index contributed by atoms with van der Waals surface area (Å²) >= 11 is 6.44. The Bertz CT molecular complexity index is 1560. The Balaban J connectivity index is 1.42. The number of aliphatic hydroxyl groups excluding tert-OH is 1. The van der Waals surface area contributed by atoms with Crippen molar-refractivity contribution in [3.63, 3.8) is 0 Å². The summed E-state index contributed by atoms with van der Waals surface area (Å²) in [6.45, 7) is 8.03. The molecule has 2 aromatic rings. The number of rotatable bonds is 3. The summed E-state index contributed by atoms with van der Waals surface area (Å²) in [6, 6.07) is 11.8. The van der Waals surface area contributed by atoms with Gasteiger partial charge in [-0.1, -0.05) is 36.7 Å². The topological polar surface area (TPSA) is 88.1 Å². The molecule has 7 nitrogen and oxygen atoms in total. The fourth-order valence-corrected chi connectivity index (χ4v) is 9.34. The first-order chi connectivity index (χ1) is 21.5. The molecule has 1 amide bonds. The van der Waals surface area contributed by atoms with E-state index in [-0.39, 0.29) is 35.2 Å². The number of ether oxygens (including phenoxy) is 2. The van der Waals surface area contributed by atoms with Crippen LogP contribution in [0.15, 0.2) is 48.6 Å². The monoisotopic (exact) mass is 654 g/mol. The first kappa shape index (κ1) is 32.4. The van der Waals surface area contributed by atoms with Crippen molar-refractivity contribution in [3.05, 3.63) is 70.3 Å². The van der Waals surface area contributed by atoms with Gasteiger partial charge in [-0.05, 0) is 117 Å². The van der Waals surface area contributed by atoms with Gasteiger partial charge in [-0.25, -0.2) is 4.21 Å². The van der Waals surface area contributed by atoms with Gasteiger partial charge in [0.1, 0.15) is 5.75 Å². The lowest BCUT2D eigenvalue weighted by Crippen LogP contribution is -2.50. The number of aliphatic hydroxyl groups is 1. The molecule has 1 fully saturated rings. The quantitative estimate of drug-likeness (QED) is 0.314. The van der Waals surface area contributed by atoms with Crippen LogP contribution in [0, 0.1) is 17.8 Å². The van der Waals surface area contributed by atoms with Gasteiger partial charge in [0.05, 0.1) is 40.8 Å². The molecule has 2 bridgehead atoms. The molecule has 2 aromatic carbocycles. The zero-order valence-corrected chi connectivity index (χ0v) is 28.2. The van der Waals surface area contributed by atoms with Gasteiger partial charge in [0.25, 0.3) is 5.91 Å². The molecule has 45 heavy (non-hydrogen) atoms. The Morgan fingerprint density at radius 2 is 2.07 bits per heavy atom. The molecular weight excluding hydrogens is 608 g/mol. The summed E-state index contributed by atoms with van der Waals surface area (Å²) in [4.78, 5) is 16.0. The van der Waals surface area contributed by atoms with Crippen LogP contribution in [0.25, 0.3) is 0 Å². The van der Waals surface area contributed by atoms with Crippen molar-refractivity contribution in [3.8, 4) is 5.75 Å². The molecule has 2 aliphatic heterocycles. The summed E-state index contributed by atoms with van der Waals surface area (Å²) in [5, 5.41) is 10.5. The molecule has 2 heterocycles. The maximum absolute atomic E-state index is 13.7. The minimum atomic E-state index is -2.93. The third-order valence-corrected chi connectivity index (χ3v) is 13.1. The van der Waals surface area contributed by atoms with Gasteiger partial charge in [-0.3, -0.25) is 9.52 Å². The Morgan fingerprint density at radius 1 is 1.24 bits per heavy atom. The third-order valence-electron chi connectivity index (χ3n) is 10.7.